The van der Waals surface area contributed by atoms with Crippen LogP contribution in [-0.2, 0) is 32.7 Å². The molecule has 85 heavy (non-hydrogen) atoms. The summed E-state index contributed by atoms with van der Waals surface area (Å²) in [6.45, 7) is 3.67. The number of esters is 2. The van der Waals surface area contributed by atoms with Gasteiger partial charge in [0.1, 0.15) is 6.61 Å². The van der Waals surface area contributed by atoms with Gasteiger partial charge < -0.3 is 20.1 Å². The van der Waals surface area contributed by atoms with Crippen molar-refractivity contribution in [2.45, 2.75) is 367 Å². The first-order valence-corrected chi connectivity index (χ1v) is 37.9. The molecule has 0 bridgehead atoms. The van der Waals surface area contributed by atoms with Crippen molar-refractivity contribution in [2.75, 3.05) is 26.4 Å². The van der Waals surface area contributed by atoms with E-state index >= 15 is 0 Å². The van der Waals surface area contributed by atoms with E-state index in [1.807, 2.05) is 0 Å². The standard InChI is InChI=1S/C75H138NO8P/c1-3-5-7-9-11-13-15-17-19-21-23-25-27-29-30-31-32-33-34-35-36-37-38-39-40-41-42-44-45-47-49-51-53-55-57-59-61-63-65-67-74(77)81-71-73(72-83-85(79,80)82-70-69-76)84-75(78)68-66-64-62-60-58-56-54-52-50-48-46-43-28-26-24-22-20-18-16-14-12-10-8-6-4-2/h6,8,12,14-15,17-18,20-21,23-24,26,73H,3-5,7,9-11,13,16,19,22,25,27-72,76H2,1-2H3,(H,79,80)/b8-6-,14-12-,17-15-,20-18-,23-21-,26-24-. The lowest BCUT2D eigenvalue weighted by Crippen LogP contribution is -2.29. The zero-order valence-corrected chi connectivity index (χ0v) is 56.7. The molecule has 2 atom stereocenters. The highest BCUT2D eigenvalue weighted by molar-refractivity contribution is 7.47. The van der Waals surface area contributed by atoms with Crippen molar-refractivity contribution < 1.29 is 37.6 Å². The minimum absolute atomic E-state index is 0.0528. The first kappa shape index (κ1) is 82.5. The van der Waals surface area contributed by atoms with Crippen LogP contribution in [0.4, 0.5) is 0 Å². The molecule has 0 aliphatic carbocycles. The number of hydrogen-bond donors (Lipinski definition) is 2. The van der Waals surface area contributed by atoms with Gasteiger partial charge >= 0.3 is 19.8 Å². The molecule has 9 nitrogen and oxygen atoms in total. The van der Waals surface area contributed by atoms with Crippen LogP contribution in [0, 0.1) is 0 Å². The maximum absolute atomic E-state index is 12.8. The van der Waals surface area contributed by atoms with Crippen LogP contribution in [0.3, 0.4) is 0 Å². The van der Waals surface area contributed by atoms with Crippen molar-refractivity contribution in [1.29, 1.82) is 0 Å². The van der Waals surface area contributed by atoms with Gasteiger partial charge in [0.15, 0.2) is 6.10 Å². The number of phosphoric acid groups is 1. The van der Waals surface area contributed by atoms with Gasteiger partial charge in [-0.05, 0) is 83.5 Å². The van der Waals surface area contributed by atoms with E-state index in [-0.39, 0.29) is 38.6 Å². The van der Waals surface area contributed by atoms with Gasteiger partial charge in [0.25, 0.3) is 0 Å². The van der Waals surface area contributed by atoms with Crippen molar-refractivity contribution in [2.24, 2.45) is 5.73 Å². The average Bonchev–Trinajstić information content (AvgIpc) is 3.52. The minimum Gasteiger partial charge on any atom is -0.462 e. The normalized spacial score (nSPS) is 13.3. The predicted octanol–water partition coefficient (Wildman–Crippen LogP) is 24.0. The van der Waals surface area contributed by atoms with Gasteiger partial charge in [0, 0.05) is 19.4 Å². The van der Waals surface area contributed by atoms with Crippen LogP contribution in [0.15, 0.2) is 72.9 Å². The summed E-state index contributed by atoms with van der Waals surface area (Å²) in [5.74, 6) is -0.815. The maximum Gasteiger partial charge on any atom is 0.472 e. The highest BCUT2D eigenvalue weighted by Crippen LogP contribution is 2.43. The molecule has 0 aromatic heterocycles. The van der Waals surface area contributed by atoms with E-state index in [0.717, 1.165) is 70.6 Å². The quantitative estimate of drug-likeness (QED) is 0.0264. The van der Waals surface area contributed by atoms with Gasteiger partial charge in [0.05, 0.1) is 13.2 Å². The smallest absolute Gasteiger partial charge is 0.462 e. The van der Waals surface area contributed by atoms with Gasteiger partial charge in [0.2, 0.25) is 0 Å². The molecule has 10 heteroatoms. The molecule has 0 aromatic rings. The van der Waals surface area contributed by atoms with Crippen LogP contribution in [0.2, 0.25) is 0 Å². The molecule has 0 heterocycles. The monoisotopic (exact) mass is 1210 g/mol. The number of rotatable bonds is 69. The third kappa shape index (κ3) is 70.4. The highest BCUT2D eigenvalue weighted by Gasteiger charge is 2.26. The summed E-state index contributed by atoms with van der Waals surface area (Å²) >= 11 is 0. The van der Waals surface area contributed by atoms with E-state index in [4.69, 9.17) is 24.3 Å². The van der Waals surface area contributed by atoms with Crippen LogP contribution in [0.5, 0.6) is 0 Å². The van der Waals surface area contributed by atoms with Gasteiger partial charge in [-0.25, -0.2) is 4.57 Å². The van der Waals surface area contributed by atoms with E-state index < -0.39 is 26.5 Å². The Morgan fingerprint density at radius 2 is 0.647 bits per heavy atom. The van der Waals surface area contributed by atoms with E-state index in [9.17, 15) is 19.0 Å². The summed E-state index contributed by atoms with van der Waals surface area (Å²) in [5.41, 5.74) is 5.40. The molecule has 0 radical (unpaired) electrons. The highest BCUT2D eigenvalue weighted by atomic mass is 31.2. The van der Waals surface area contributed by atoms with E-state index in [2.05, 4.69) is 86.8 Å². The lowest BCUT2D eigenvalue weighted by Gasteiger charge is -2.19. The summed E-state index contributed by atoms with van der Waals surface area (Å²) in [6.07, 6.45) is 93.0. The SMILES string of the molecule is CC/C=C\C/C=C\C/C=C\C/C=C\CCCCCCCCCCCCCCC(=O)OC(COC(=O)CCCCCCCCCCCCCCCCCCCCCCCCCCCCC/C=C\C/C=C\CCCCCCC)COP(=O)(O)OCCN. The molecular formula is C75H138NO8P. The molecule has 0 aliphatic heterocycles. The summed E-state index contributed by atoms with van der Waals surface area (Å²) in [4.78, 5) is 35.4. The van der Waals surface area contributed by atoms with Gasteiger partial charge in [-0.15, -0.1) is 0 Å². The van der Waals surface area contributed by atoms with Crippen LogP contribution in [-0.4, -0.2) is 49.3 Å². The second kappa shape index (κ2) is 70.5. The zero-order chi connectivity index (χ0) is 61.6. The molecule has 2 unspecified atom stereocenters. The first-order chi connectivity index (χ1) is 41.8. The topological polar surface area (TPSA) is 134 Å². The lowest BCUT2D eigenvalue weighted by atomic mass is 10.0. The summed E-state index contributed by atoms with van der Waals surface area (Å²) in [5, 5.41) is 0. The second-order valence-corrected chi connectivity index (χ2v) is 25.9. The van der Waals surface area contributed by atoms with Crippen molar-refractivity contribution in [3.63, 3.8) is 0 Å². The minimum atomic E-state index is -4.39. The number of allylic oxidation sites excluding steroid dienone is 12. The Bertz CT molecular complexity index is 1620. The fourth-order valence-corrected chi connectivity index (χ4v) is 11.5. The molecule has 0 spiro atoms. The second-order valence-electron chi connectivity index (χ2n) is 24.4. The molecule has 0 saturated carbocycles. The van der Waals surface area contributed by atoms with Gasteiger partial charge in [-0.3, -0.25) is 18.6 Å². The van der Waals surface area contributed by atoms with Crippen LogP contribution < -0.4 is 5.73 Å². The largest absolute Gasteiger partial charge is 0.472 e. The van der Waals surface area contributed by atoms with Crippen LogP contribution >= 0.6 is 7.82 Å². The molecule has 496 valence electrons. The molecule has 0 aliphatic rings. The fourth-order valence-electron chi connectivity index (χ4n) is 10.7. The van der Waals surface area contributed by atoms with Gasteiger partial charge in [-0.1, -0.05) is 337 Å². The number of nitrogens with two attached hydrogens (primary N) is 1. The van der Waals surface area contributed by atoms with Crippen molar-refractivity contribution in [3.8, 4) is 0 Å². The number of hydrogen-bond acceptors (Lipinski definition) is 8. The van der Waals surface area contributed by atoms with Crippen LogP contribution in [0.1, 0.15) is 361 Å². The number of unbranched alkanes of at least 4 members (excludes halogenated alkanes) is 44. The number of carbonyl (C=O) groups is 2. The molecule has 3 N–H and O–H groups in total. The zero-order valence-electron chi connectivity index (χ0n) is 55.8. The lowest BCUT2D eigenvalue weighted by molar-refractivity contribution is -0.161. The average molecular weight is 1210 g/mol. The predicted molar refractivity (Wildman–Crippen MR) is 367 cm³/mol. The third-order valence-corrected chi connectivity index (χ3v) is 17.1. The molecule has 0 aromatic carbocycles. The molecule has 0 fully saturated rings. The summed E-state index contributed by atoms with van der Waals surface area (Å²) in [6, 6.07) is 0. The Kier molecular flexibility index (Phi) is 68.4. The van der Waals surface area contributed by atoms with Crippen molar-refractivity contribution >= 4 is 19.8 Å². The Hall–Kier alpha value is -2.55. The maximum atomic E-state index is 12.8. The number of ether oxygens (including phenoxy) is 2. The molecule has 0 saturated heterocycles. The molecule has 0 amide bonds. The fraction of sp³-hybridized carbons (Fsp3) is 0.813. The van der Waals surface area contributed by atoms with Crippen molar-refractivity contribution in [3.05, 3.63) is 72.9 Å². The van der Waals surface area contributed by atoms with Crippen LogP contribution in [0.25, 0.3) is 0 Å². The molecular weight excluding hydrogens is 1070 g/mol. The molecule has 0 rings (SSSR count). The summed E-state index contributed by atoms with van der Waals surface area (Å²) in [7, 11) is -4.39. The number of carbonyl (C=O) groups excluding carboxylic acids is 2. The van der Waals surface area contributed by atoms with E-state index in [1.54, 1.807) is 0 Å². The Morgan fingerprint density at radius 1 is 0.365 bits per heavy atom. The Balaban J connectivity index is 3.78. The van der Waals surface area contributed by atoms with Crippen molar-refractivity contribution in [1.82, 2.24) is 0 Å². The number of phosphoric ester groups is 1. The van der Waals surface area contributed by atoms with E-state index in [0.29, 0.717) is 6.42 Å². The van der Waals surface area contributed by atoms with Gasteiger partial charge in [-0.2, -0.15) is 0 Å². The summed E-state index contributed by atoms with van der Waals surface area (Å²) < 4.78 is 33.2. The third-order valence-electron chi connectivity index (χ3n) is 16.1. The first-order valence-electron chi connectivity index (χ1n) is 36.4. The van der Waals surface area contributed by atoms with E-state index in [1.165, 1.54) is 257 Å². The Morgan fingerprint density at radius 3 is 0.965 bits per heavy atom. The Labute approximate surface area is 526 Å².